The van der Waals surface area contributed by atoms with Crippen LogP contribution in [0.2, 0.25) is 0 Å². The van der Waals surface area contributed by atoms with E-state index >= 15 is 0 Å². The van der Waals surface area contributed by atoms with E-state index in [1.54, 1.807) is 0 Å². The third-order valence-corrected chi connectivity index (χ3v) is 4.12. The zero-order valence-electron chi connectivity index (χ0n) is 8.37. The average Bonchev–Trinajstić information content (AvgIpc) is 2.27. The summed E-state index contributed by atoms with van der Waals surface area (Å²) < 4.78 is 5.60. The van der Waals surface area contributed by atoms with Gasteiger partial charge in [0.25, 0.3) is 0 Å². The summed E-state index contributed by atoms with van der Waals surface area (Å²) in [5.74, 6) is 0.518. The van der Waals surface area contributed by atoms with Gasteiger partial charge in [-0.1, -0.05) is 47.1 Å². The largest absolute Gasteiger partial charge is 0.376 e. The second-order valence-corrected chi connectivity index (χ2v) is 4.92. The van der Waals surface area contributed by atoms with Crippen molar-refractivity contribution in [2.75, 3.05) is 6.61 Å². The molecule has 0 saturated heterocycles. The van der Waals surface area contributed by atoms with Gasteiger partial charge in [0.05, 0.1) is 13.2 Å². The summed E-state index contributed by atoms with van der Waals surface area (Å²) in [7, 11) is 0. The molecule has 0 saturated carbocycles. The Morgan fingerprint density at radius 1 is 1.50 bits per heavy atom. The predicted molar refractivity (Wildman–Crippen MR) is 61.8 cm³/mol. The molecule has 1 aliphatic heterocycles. The van der Waals surface area contributed by atoms with Gasteiger partial charge in [-0.05, 0) is 17.5 Å². The fraction of sp³-hybridized carbons (Fsp3) is 0.500. The van der Waals surface area contributed by atoms with Gasteiger partial charge in [0.2, 0.25) is 0 Å². The third kappa shape index (κ3) is 1.86. The second-order valence-electron chi connectivity index (χ2n) is 3.74. The molecular formula is C12H15BrO. The van der Waals surface area contributed by atoms with Crippen molar-refractivity contribution in [2.45, 2.75) is 30.7 Å². The van der Waals surface area contributed by atoms with Crippen LogP contribution in [0.1, 0.15) is 30.4 Å². The maximum atomic E-state index is 5.60. The van der Waals surface area contributed by atoms with E-state index in [-0.39, 0.29) is 0 Å². The van der Waals surface area contributed by atoms with Crippen LogP contribution in [-0.4, -0.2) is 11.4 Å². The Balaban J connectivity index is 2.30. The summed E-state index contributed by atoms with van der Waals surface area (Å²) >= 11 is 3.73. The lowest BCUT2D eigenvalue weighted by Crippen LogP contribution is -2.23. The van der Waals surface area contributed by atoms with Gasteiger partial charge in [-0.3, -0.25) is 0 Å². The topological polar surface area (TPSA) is 9.23 Å². The van der Waals surface area contributed by atoms with Gasteiger partial charge in [0, 0.05) is 10.7 Å². The molecule has 1 aliphatic rings. The van der Waals surface area contributed by atoms with E-state index in [0.29, 0.717) is 10.7 Å². The smallest absolute Gasteiger partial charge is 0.0719 e. The highest BCUT2D eigenvalue weighted by atomic mass is 79.9. The molecule has 0 spiro atoms. The van der Waals surface area contributed by atoms with E-state index < -0.39 is 0 Å². The molecule has 2 heteroatoms. The van der Waals surface area contributed by atoms with Gasteiger partial charge in [0.15, 0.2) is 0 Å². The summed E-state index contributed by atoms with van der Waals surface area (Å²) in [4.78, 5) is 0.531. The number of halogens is 1. The normalized spacial score (nSPS) is 22.9. The van der Waals surface area contributed by atoms with Gasteiger partial charge in [-0.15, -0.1) is 0 Å². The van der Waals surface area contributed by atoms with Crippen molar-refractivity contribution in [3.8, 4) is 0 Å². The number of alkyl halides is 1. The SMILES string of the molecule is CCC(Br)C1COCc2ccccc21. The number of rotatable bonds is 2. The van der Waals surface area contributed by atoms with E-state index in [2.05, 4.69) is 47.1 Å². The lowest BCUT2D eigenvalue weighted by atomic mass is 9.90. The van der Waals surface area contributed by atoms with Gasteiger partial charge < -0.3 is 4.74 Å². The summed E-state index contributed by atoms with van der Waals surface area (Å²) in [5, 5.41) is 0. The molecule has 0 fully saturated rings. The molecule has 1 nitrogen and oxygen atoms in total. The summed E-state index contributed by atoms with van der Waals surface area (Å²) in [6.07, 6.45) is 1.14. The van der Waals surface area contributed by atoms with Crippen LogP contribution in [-0.2, 0) is 11.3 Å². The summed E-state index contributed by atoms with van der Waals surface area (Å²) in [5.41, 5.74) is 2.81. The molecule has 2 atom stereocenters. The van der Waals surface area contributed by atoms with E-state index in [1.807, 2.05) is 0 Å². The molecule has 76 valence electrons. The van der Waals surface area contributed by atoms with Crippen molar-refractivity contribution >= 4 is 15.9 Å². The number of hydrogen-bond donors (Lipinski definition) is 0. The molecule has 1 heterocycles. The van der Waals surface area contributed by atoms with Crippen molar-refractivity contribution < 1.29 is 4.74 Å². The minimum Gasteiger partial charge on any atom is -0.376 e. The van der Waals surface area contributed by atoms with Crippen molar-refractivity contribution in [3.05, 3.63) is 35.4 Å². The minimum absolute atomic E-state index is 0.518. The molecule has 0 aliphatic carbocycles. The van der Waals surface area contributed by atoms with Crippen molar-refractivity contribution in [1.82, 2.24) is 0 Å². The van der Waals surface area contributed by atoms with Gasteiger partial charge >= 0.3 is 0 Å². The maximum Gasteiger partial charge on any atom is 0.0719 e. The van der Waals surface area contributed by atoms with Gasteiger partial charge in [-0.2, -0.15) is 0 Å². The van der Waals surface area contributed by atoms with Crippen molar-refractivity contribution in [2.24, 2.45) is 0 Å². The molecule has 14 heavy (non-hydrogen) atoms. The highest BCUT2D eigenvalue weighted by Crippen LogP contribution is 2.33. The molecule has 1 aromatic carbocycles. The van der Waals surface area contributed by atoms with E-state index in [0.717, 1.165) is 19.6 Å². The van der Waals surface area contributed by atoms with E-state index in [1.165, 1.54) is 11.1 Å². The van der Waals surface area contributed by atoms with E-state index in [9.17, 15) is 0 Å². The molecular weight excluding hydrogens is 240 g/mol. The Kier molecular flexibility index (Phi) is 3.24. The molecule has 0 aromatic heterocycles. The van der Waals surface area contributed by atoms with Crippen LogP contribution in [0.25, 0.3) is 0 Å². The first-order valence-electron chi connectivity index (χ1n) is 5.12. The zero-order chi connectivity index (χ0) is 9.97. The number of hydrogen-bond acceptors (Lipinski definition) is 1. The molecule has 0 radical (unpaired) electrons. The van der Waals surface area contributed by atoms with Crippen LogP contribution >= 0.6 is 15.9 Å². The summed E-state index contributed by atoms with van der Waals surface area (Å²) in [6.45, 7) is 3.83. The van der Waals surface area contributed by atoms with Crippen molar-refractivity contribution in [3.63, 3.8) is 0 Å². The first kappa shape index (κ1) is 10.2. The molecule has 0 amide bonds. The standard InChI is InChI=1S/C12H15BrO/c1-2-12(13)11-8-14-7-9-5-3-4-6-10(9)11/h3-6,11-12H,2,7-8H2,1H3. The molecule has 2 unspecified atom stereocenters. The van der Waals surface area contributed by atoms with Crippen LogP contribution in [0.3, 0.4) is 0 Å². The fourth-order valence-corrected chi connectivity index (χ4v) is 2.43. The van der Waals surface area contributed by atoms with Gasteiger partial charge in [-0.25, -0.2) is 0 Å². The van der Waals surface area contributed by atoms with Crippen LogP contribution in [0.5, 0.6) is 0 Å². The Hall–Kier alpha value is -0.340. The Labute approximate surface area is 93.6 Å². The number of benzene rings is 1. The van der Waals surface area contributed by atoms with E-state index in [4.69, 9.17) is 4.74 Å². The minimum atomic E-state index is 0.518. The molecule has 2 rings (SSSR count). The zero-order valence-corrected chi connectivity index (χ0v) is 9.96. The molecule has 0 N–H and O–H groups in total. The van der Waals surface area contributed by atoms with Crippen LogP contribution < -0.4 is 0 Å². The first-order chi connectivity index (χ1) is 6.83. The maximum absolute atomic E-state index is 5.60. The third-order valence-electron chi connectivity index (χ3n) is 2.84. The lowest BCUT2D eigenvalue weighted by Gasteiger charge is -2.28. The number of ether oxygens (including phenoxy) is 1. The predicted octanol–water partition coefficient (Wildman–Crippen LogP) is 3.47. The first-order valence-corrected chi connectivity index (χ1v) is 6.04. The Morgan fingerprint density at radius 2 is 2.29 bits per heavy atom. The number of fused-ring (bicyclic) bond motifs is 1. The second kappa shape index (κ2) is 4.45. The lowest BCUT2D eigenvalue weighted by molar-refractivity contribution is 0.0904. The fourth-order valence-electron chi connectivity index (χ4n) is 2.00. The van der Waals surface area contributed by atoms with Crippen LogP contribution in [0.4, 0.5) is 0 Å². The monoisotopic (exact) mass is 254 g/mol. The average molecular weight is 255 g/mol. The van der Waals surface area contributed by atoms with Crippen LogP contribution in [0.15, 0.2) is 24.3 Å². The highest BCUT2D eigenvalue weighted by molar-refractivity contribution is 9.09. The highest BCUT2D eigenvalue weighted by Gasteiger charge is 2.25. The molecule has 1 aromatic rings. The molecule has 0 bridgehead atoms. The van der Waals surface area contributed by atoms with Gasteiger partial charge in [0.1, 0.15) is 0 Å². The quantitative estimate of drug-likeness (QED) is 0.735. The Morgan fingerprint density at radius 3 is 3.07 bits per heavy atom. The van der Waals surface area contributed by atoms with Crippen molar-refractivity contribution in [1.29, 1.82) is 0 Å². The Bertz CT molecular complexity index is 311. The summed E-state index contributed by atoms with van der Waals surface area (Å²) in [6, 6.07) is 8.59. The van der Waals surface area contributed by atoms with Crippen LogP contribution in [0, 0.1) is 0 Å².